The molecule has 1 amide bonds. The number of aromatic nitrogens is 2. The number of anilines is 2. The lowest BCUT2D eigenvalue weighted by Gasteiger charge is -2.04. The van der Waals surface area contributed by atoms with Crippen LogP contribution in [0.1, 0.15) is 10.4 Å². The molecule has 0 saturated carbocycles. The van der Waals surface area contributed by atoms with Crippen LogP contribution in [0.3, 0.4) is 0 Å². The van der Waals surface area contributed by atoms with Gasteiger partial charge in [0.15, 0.2) is 0 Å². The molecule has 4 N–H and O–H groups in total. The molecule has 0 radical (unpaired) electrons. The molecule has 2 aromatic rings. The third-order valence-corrected chi connectivity index (χ3v) is 2.31. The minimum absolute atomic E-state index is 0.300. The summed E-state index contributed by atoms with van der Waals surface area (Å²) in [7, 11) is 0. The number of carbonyl (C=O) groups is 1. The Labute approximate surface area is 96.6 Å². The van der Waals surface area contributed by atoms with E-state index < -0.39 is 0 Å². The van der Waals surface area contributed by atoms with Gasteiger partial charge >= 0.3 is 0 Å². The minimum Gasteiger partial charge on any atom is -0.399 e. The molecule has 0 aliphatic carbocycles. The Morgan fingerprint density at radius 2 is 2.31 bits per heavy atom. The average Bonchev–Trinajstić information content (AvgIpc) is 2.70. The predicted molar refractivity (Wildman–Crippen MR) is 62.4 cm³/mol. The van der Waals surface area contributed by atoms with Crippen LogP contribution in [0.15, 0.2) is 30.6 Å². The maximum atomic E-state index is 11.8. The summed E-state index contributed by atoms with van der Waals surface area (Å²) in [6.45, 7) is 0. The predicted octanol–water partition coefficient (Wildman–Crippen LogP) is 1.90. The highest BCUT2D eigenvalue weighted by Crippen LogP contribution is 2.20. The highest BCUT2D eigenvalue weighted by Gasteiger charge is 2.10. The van der Waals surface area contributed by atoms with Crippen molar-refractivity contribution in [3.05, 3.63) is 41.2 Å². The van der Waals surface area contributed by atoms with Gasteiger partial charge in [-0.1, -0.05) is 11.6 Å². The Morgan fingerprint density at radius 3 is 2.94 bits per heavy atom. The first-order valence-corrected chi connectivity index (χ1v) is 4.90. The lowest BCUT2D eigenvalue weighted by molar-refractivity contribution is 0.102. The first-order chi connectivity index (χ1) is 7.66. The van der Waals surface area contributed by atoms with Gasteiger partial charge < -0.3 is 11.1 Å². The molecule has 5 nitrogen and oxygen atoms in total. The first kappa shape index (κ1) is 10.5. The van der Waals surface area contributed by atoms with Gasteiger partial charge in [0.05, 0.1) is 22.5 Å². The molecular weight excluding hydrogens is 228 g/mol. The van der Waals surface area contributed by atoms with Gasteiger partial charge in [0, 0.05) is 11.9 Å². The van der Waals surface area contributed by atoms with E-state index in [1.807, 2.05) is 0 Å². The van der Waals surface area contributed by atoms with Gasteiger partial charge in [0.2, 0.25) is 0 Å². The molecule has 2 rings (SSSR count). The SMILES string of the molecule is Nc1ccc(C(=O)Nc2cn[nH]c2)c(Cl)c1. The van der Waals surface area contributed by atoms with Crippen LogP contribution in [-0.4, -0.2) is 16.1 Å². The second-order valence-electron chi connectivity index (χ2n) is 3.18. The zero-order valence-electron chi connectivity index (χ0n) is 8.20. The molecule has 6 heteroatoms. The summed E-state index contributed by atoms with van der Waals surface area (Å²) in [6, 6.07) is 4.73. The van der Waals surface area contributed by atoms with Gasteiger partial charge in [-0.15, -0.1) is 0 Å². The molecule has 0 unspecified atom stereocenters. The second-order valence-corrected chi connectivity index (χ2v) is 3.59. The number of hydrogen-bond donors (Lipinski definition) is 3. The fourth-order valence-electron chi connectivity index (χ4n) is 1.23. The van der Waals surface area contributed by atoms with Crippen LogP contribution >= 0.6 is 11.6 Å². The van der Waals surface area contributed by atoms with E-state index in [2.05, 4.69) is 15.5 Å². The van der Waals surface area contributed by atoms with E-state index in [0.717, 1.165) is 0 Å². The number of nitrogens with one attached hydrogen (secondary N) is 2. The van der Waals surface area contributed by atoms with Crippen LogP contribution in [0.25, 0.3) is 0 Å². The summed E-state index contributed by atoms with van der Waals surface area (Å²) in [5.41, 5.74) is 7.00. The van der Waals surface area contributed by atoms with Gasteiger partial charge in [-0.3, -0.25) is 9.89 Å². The topological polar surface area (TPSA) is 83.8 Å². The van der Waals surface area contributed by atoms with Crippen molar-refractivity contribution in [2.75, 3.05) is 11.1 Å². The average molecular weight is 237 g/mol. The quantitative estimate of drug-likeness (QED) is 0.697. The van der Waals surface area contributed by atoms with E-state index in [1.54, 1.807) is 18.3 Å². The number of rotatable bonds is 2. The third-order valence-electron chi connectivity index (χ3n) is 1.99. The number of H-pyrrole nitrogens is 1. The maximum absolute atomic E-state index is 11.8. The number of halogens is 1. The lowest BCUT2D eigenvalue weighted by Crippen LogP contribution is -2.12. The van der Waals surface area contributed by atoms with Crippen molar-refractivity contribution >= 4 is 28.9 Å². The molecule has 1 aromatic heterocycles. The Kier molecular flexibility index (Phi) is 2.78. The van der Waals surface area contributed by atoms with Crippen LogP contribution < -0.4 is 11.1 Å². The molecule has 0 fully saturated rings. The zero-order valence-corrected chi connectivity index (χ0v) is 8.95. The summed E-state index contributed by atoms with van der Waals surface area (Å²) >= 11 is 5.90. The van der Waals surface area contributed by atoms with Crippen molar-refractivity contribution in [3.8, 4) is 0 Å². The maximum Gasteiger partial charge on any atom is 0.257 e. The van der Waals surface area contributed by atoms with Gasteiger partial charge in [-0.25, -0.2) is 0 Å². The second kappa shape index (κ2) is 4.24. The Balaban J connectivity index is 2.21. The van der Waals surface area contributed by atoms with Crippen LogP contribution in [0.4, 0.5) is 11.4 Å². The van der Waals surface area contributed by atoms with E-state index >= 15 is 0 Å². The molecule has 1 aromatic carbocycles. The van der Waals surface area contributed by atoms with Gasteiger partial charge in [0.1, 0.15) is 0 Å². The number of aromatic amines is 1. The van der Waals surface area contributed by atoms with E-state index in [4.69, 9.17) is 17.3 Å². The molecule has 1 heterocycles. The Morgan fingerprint density at radius 1 is 1.50 bits per heavy atom. The third kappa shape index (κ3) is 2.14. The number of benzene rings is 1. The van der Waals surface area contributed by atoms with Crippen molar-refractivity contribution in [1.29, 1.82) is 0 Å². The lowest BCUT2D eigenvalue weighted by atomic mass is 10.2. The van der Waals surface area contributed by atoms with Crippen molar-refractivity contribution in [2.45, 2.75) is 0 Å². The van der Waals surface area contributed by atoms with E-state index in [9.17, 15) is 4.79 Å². The molecule has 0 atom stereocenters. The van der Waals surface area contributed by atoms with Gasteiger partial charge in [0.25, 0.3) is 5.91 Å². The number of nitrogens with zero attached hydrogens (tertiary/aromatic N) is 1. The number of carbonyl (C=O) groups excluding carboxylic acids is 1. The standard InChI is InChI=1S/C10H9ClN4O/c11-9-3-6(12)1-2-8(9)10(16)15-7-4-13-14-5-7/h1-5H,12H2,(H,13,14)(H,15,16). The molecule has 0 aliphatic rings. The number of hydrogen-bond acceptors (Lipinski definition) is 3. The normalized spacial score (nSPS) is 10.1. The number of nitrogen functional groups attached to an aromatic ring is 1. The molecule has 0 bridgehead atoms. The van der Waals surface area contributed by atoms with E-state index in [-0.39, 0.29) is 5.91 Å². The Hall–Kier alpha value is -2.01. The molecule has 16 heavy (non-hydrogen) atoms. The van der Waals surface area contributed by atoms with Gasteiger partial charge in [-0.05, 0) is 18.2 Å². The first-order valence-electron chi connectivity index (χ1n) is 4.52. The van der Waals surface area contributed by atoms with Crippen molar-refractivity contribution < 1.29 is 4.79 Å². The molecular formula is C10H9ClN4O. The van der Waals surface area contributed by atoms with Gasteiger partial charge in [-0.2, -0.15) is 5.10 Å². The monoisotopic (exact) mass is 236 g/mol. The molecule has 82 valence electrons. The van der Waals surface area contributed by atoms with Crippen LogP contribution in [-0.2, 0) is 0 Å². The zero-order chi connectivity index (χ0) is 11.5. The fourth-order valence-corrected chi connectivity index (χ4v) is 1.51. The largest absolute Gasteiger partial charge is 0.399 e. The Bertz CT molecular complexity index is 510. The summed E-state index contributed by atoms with van der Waals surface area (Å²) in [5, 5.41) is 9.27. The van der Waals surface area contributed by atoms with Crippen molar-refractivity contribution in [1.82, 2.24) is 10.2 Å². The van der Waals surface area contributed by atoms with Crippen molar-refractivity contribution in [2.24, 2.45) is 0 Å². The smallest absolute Gasteiger partial charge is 0.257 e. The highest BCUT2D eigenvalue weighted by molar-refractivity contribution is 6.34. The van der Waals surface area contributed by atoms with E-state index in [0.29, 0.717) is 22.0 Å². The highest BCUT2D eigenvalue weighted by atomic mass is 35.5. The number of nitrogens with two attached hydrogens (primary N) is 1. The summed E-state index contributed by atoms with van der Waals surface area (Å²) < 4.78 is 0. The van der Waals surface area contributed by atoms with Crippen LogP contribution in [0.2, 0.25) is 5.02 Å². The van der Waals surface area contributed by atoms with Crippen molar-refractivity contribution in [3.63, 3.8) is 0 Å². The van der Waals surface area contributed by atoms with Crippen LogP contribution in [0.5, 0.6) is 0 Å². The van der Waals surface area contributed by atoms with E-state index in [1.165, 1.54) is 12.3 Å². The molecule has 0 aliphatic heterocycles. The summed E-state index contributed by atoms with van der Waals surface area (Å²) in [5.74, 6) is -0.300. The summed E-state index contributed by atoms with van der Waals surface area (Å²) in [6.07, 6.45) is 3.08. The summed E-state index contributed by atoms with van der Waals surface area (Å²) in [4.78, 5) is 11.8. The molecule has 0 spiro atoms. The minimum atomic E-state index is -0.300. The fraction of sp³-hybridized carbons (Fsp3) is 0. The number of amides is 1. The van der Waals surface area contributed by atoms with Crippen LogP contribution in [0, 0.1) is 0 Å². The molecule has 0 saturated heterocycles.